The fourth-order valence-electron chi connectivity index (χ4n) is 6.32. The zero-order valence-electron chi connectivity index (χ0n) is 21.0. The predicted molar refractivity (Wildman–Crippen MR) is 134 cm³/mol. The number of aliphatic hydroxyl groups excluding tert-OH is 1. The van der Waals surface area contributed by atoms with Gasteiger partial charge in [-0.3, -0.25) is 4.79 Å². The molecule has 1 heterocycles. The highest BCUT2D eigenvalue weighted by Gasteiger charge is 2.44. The monoisotopic (exact) mass is 461 g/mol. The minimum absolute atomic E-state index is 0.0437. The number of aliphatic hydroxyl groups is 1. The number of methoxy groups -OCH3 is 2. The van der Waals surface area contributed by atoms with Crippen molar-refractivity contribution < 1.29 is 19.4 Å². The minimum atomic E-state index is -0.159. The Bertz CT molecular complexity index is 1190. The van der Waals surface area contributed by atoms with Crippen LogP contribution >= 0.6 is 0 Å². The Hall–Kier alpha value is -2.79. The first-order valence-corrected chi connectivity index (χ1v) is 12.3. The number of anilines is 1. The van der Waals surface area contributed by atoms with Crippen molar-refractivity contribution in [1.82, 2.24) is 0 Å². The van der Waals surface area contributed by atoms with Crippen molar-refractivity contribution in [2.75, 3.05) is 32.3 Å². The highest BCUT2D eigenvalue weighted by Crippen LogP contribution is 2.53. The van der Waals surface area contributed by atoms with E-state index >= 15 is 0 Å². The van der Waals surface area contributed by atoms with Crippen molar-refractivity contribution in [2.45, 2.75) is 58.8 Å². The van der Waals surface area contributed by atoms with Gasteiger partial charge in [0.1, 0.15) is 0 Å². The molecule has 5 nitrogen and oxygen atoms in total. The Morgan fingerprint density at radius 2 is 1.79 bits per heavy atom. The van der Waals surface area contributed by atoms with Gasteiger partial charge in [-0.1, -0.05) is 26.0 Å². The Morgan fingerprint density at radius 3 is 2.47 bits per heavy atom. The summed E-state index contributed by atoms with van der Waals surface area (Å²) < 4.78 is 11.3. The third kappa shape index (κ3) is 3.61. The van der Waals surface area contributed by atoms with E-state index in [1.165, 1.54) is 11.1 Å². The molecule has 0 amide bonds. The molecule has 5 rings (SSSR count). The number of hydrogen-bond acceptors (Lipinski definition) is 5. The Labute approximate surface area is 202 Å². The van der Waals surface area contributed by atoms with Crippen LogP contribution in [-0.4, -0.2) is 38.3 Å². The summed E-state index contributed by atoms with van der Waals surface area (Å²) in [5.41, 5.74) is 8.95. The summed E-state index contributed by atoms with van der Waals surface area (Å²) in [4.78, 5) is 16.0. The summed E-state index contributed by atoms with van der Waals surface area (Å²) >= 11 is 0. The topological polar surface area (TPSA) is 59.0 Å². The van der Waals surface area contributed by atoms with E-state index < -0.39 is 0 Å². The second kappa shape index (κ2) is 8.46. The van der Waals surface area contributed by atoms with Crippen molar-refractivity contribution in [3.63, 3.8) is 0 Å². The SMILES string of the molecule is COc1cc(C2C3=C(CC(C)(C)CC3=O)N(CCO)c3cc4c(cc32)CCC4)cc(C)c1OC. The maximum absolute atomic E-state index is 13.8. The van der Waals surface area contributed by atoms with E-state index in [0.717, 1.165) is 65.1 Å². The van der Waals surface area contributed by atoms with Crippen LogP contribution in [0.15, 0.2) is 35.5 Å². The first kappa shape index (κ1) is 23.0. The number of Topliss-reactive ketones (excluding diaryl/α,β-unsaturated/α-hetero) is 1. The van der Waals surface area contributed by atoms with E-state index in [2.05, 4.69) is 36.9 Å². The molecule has 0 radical (unpaired) electrons. The molecule has 1 atom stereocenters. The van der Waals surface area contributed by atoms with Crippen LogP contribution in [-0.2, 0) is 17.6 Å². The molecule has 34 heavy (non-hydrogen) atoms. The minimum Gasteiger partial charge on any atom is -0.493 e. The molecular formula is C29H35NO4. The number of ketones is 1. The number of β-amino-alcohol motifs (C(OH)–C–C–N with tert-alkyl or cyclic N) is 1. The standard InChI is InChI=1S/C29H35NO4/c1-17-11-20(14-25(33-4)28(17)34-5)26-21-12-18-7-6-8-19(18)13-22(21)30(9-10-31)23-15-29(2,3)16-24(32)27(23)26/h11-14,26,31H,6-10,15-16H2,1-5H3. The van der Waals surface area contributed by atoms with Crippen LogP contribution in [0.4, 0.5) is 5.69 Å². The van der Waals surface area contributed by atoms with Crippen molar-refractivity contribution in [3.8, 4) is 11.5 Å². The lowest BCUT2D eigenvalue weighted by molar-refractivity contribution is -0.118. The number of carbonyl (C=O) groups is 1. The van der Waals surface area contributed by atoms with E-state index in [9.17, 15) is 9.90 Å². The van der Waals surface area contributed by atoms with Gasteiger partial charge in [0.2, 0.25) is 0 Å². The Kier molecular flexibility index (Phi) is 5.71. The number of aryl methyl sites for hydroxylation is 3. The van der Waals surface area contributed by atoms with Crippen LogP contribution in [0.2, 0.25) is 0 Å². The highest BCUT2D eigenvalue weighted by atomic mass is 16.5. The fourth-order valence-corrected chi connectivity index (χ4v) is 6.32. The number of carbonyl (C=O) groups excluding carboxylic acids is 1. The smallest absolute Gasteiger partial charge is 0.163 e. The normalized spacial score (nSPS) is 20.7. The molecule has 1 aliphatic heterocycles. The lowest BCUT2D eigenvalue weighted by atomic mass is 9.68. The maximum atomic E-state index is 13.8. The molecule has 2 aliphatic carbocycles. The van der Waals surface area contributed by atoms with Gasteiger partial charge in [-0.05, 0) is 78.0 Å². The molecule has 2 aromatic carbocycles. The maximum Gasteiger partial charge on any atom is 0.163 e. The van der Waals surface area contributed by atoms with Gasteiger partial charge in [0.15, 0.2) is 17.3 Å². The van der Waals surface area contributed by atoms with E-state index in [1.807, 2.05) is 13.0 Å². The van der Waals surface area contributed by atoms with Gasteiger partial charge in [0.25, 0.3) is 0 Å². The molecule has 1 unspecified atom stereocenters. The van der Waals surface area contributed by atoms with Gasteiger partial charge in [-0.25, -0.2) is 0 Å². The third-order valence-electron chi connectivity index (χ3n) is 7.70. The van der Waals surface area contributed by atoms with Crippen molar-refractivity contribution in [1.29, 1.82) is 0 Å². The predicted octanol–water partition coefficient (Wildman–Crippen LogP) is 5.09. The van der Waals surface area contributed by atoms with Gasteiger partial charge in [-0.15, -0.1) is 0 Å². The number of hydrogen-bond donors (Lipinski definition) is 1. The second-order valence-electron chi connectivity index (χ2n) is 10.7. The lowest BCUT2D eigenvalue weighted by Crippen LogP contribution is -2.41. The van der Waals surface area contributed by atoms with Crippen LogP contribution in [0.25, 0.3) is 0 Å². The molecule has 0 fully saturated rings. The van der Waals surface area contributed by atoms with E-state index in [-0.39, 0.29) is 23.7 Å². The van der Waals surface area contributed by atoms with Crippen LogP contribution in [0.3, 0.4) is 0 Å². The molecule has 1 N–H and O–H groups in total. The van der Waals surface area contributed by atoms with Crippen molar-refractivity contribution >= 4 is 11.5 Å². The summed E-state index contributed by atoms with van der Waals surface area (Å²) in [6.07, 6.45) is 4.67. The summed E-state index contributed by atoms with van der Waals surface area (Å²) in [7, 11) is 3.31. The zero-order valence-corrected chi connectivity index (χ0v) is 21.0. The summed E-state index contributed by atoms with van der Waals surface area (Å²) in [6, 6.07) is 8.83. The third-order valence-corrected chi connectivity index (χ3v) is 7.70. The number of allylic oxidation sites excluding steroid dienone is 2. The van der Waals surface area contributed by atoms with Crippen LogP contribution in [0.5, 0.6) is 11.5 Å². The van der Waals surface area contributed by atoms with E-state index in [0.29, 0.717) is 18.7 Å². The molecule has 0 spiro atoms. The molecule has 0 saturated carbocycles. The van der Waals surface area contributed by atoms with Gasteiger partial charge in [0, 0.05) is 35.8 Å². The van der Waals surface area contributed by atoms with Crippen LogP contribution in [0.1, 0.15) is 66.8 Å². The number of rotatable bonds is 5. The average Bonchev–Trinajstić information content (AvgIpc) is 3.24. The molecule has 2 aromatic rings. The number of ether oxygens (including phenoxy) is 2. The largest absolute Gasteiger partial charge is 0.493 e. The van der Waals surface area contributed by atoms with Gasteiger partial charge < -0.3 is 19.5 Å². The van der Waals surface area contributed by atoms with E-state index in [4.69, 9.17) is 9.47 Å². The molecule has 0 saturated heterocycles. The van der Waals surface area contributed by atoms with Gasteiger partial charge in [0.05, 0.1) is 20.8 Å². The van der Waals surface area contributed by atoms with Crippen LogP contribution in [0, 0.1) is 12.3 Å². The zero-order chi connectivity index (χ0) is 24.2. The fraction of sp³-hybridized carbons (Fsp3) is 0.483. The second-order valence-corrected chi connectivity index (χ2v) is 10.7. The highest BCUT2D eigenvalue weighted by molar-refractivity contribution is 6.02. The molecule has 0 bridgehead atoms. The quantitative estimate of drug-likeness (QED) is 0.672. The lowest BCUT2D eigenvalue weighted by Gasteiger charge is -2.45. The first-order chi connectivity index (χ1) is 16.3. The summed E-state index contributed by atoms with van der Waals surface area (Å²) in [5.74, 6) is 1.46. The summed E-state index contributed by atoms with van der Waals surface area (Å²) in [6.45, 7) is 6.89. The molecule has 5 heteroatoms. The average molecular weight is 462 g/mol. The molecule has 180 valence electrons. The van der Waals surface area contributed by atoms with Crippen molar-refractivity contribution in [3.05, 3.63) is 63.4 Å². The van der Waals surface area contributed by atoms with Gasteiger partial charge in [-0.2, -0.15) is 0 Å². The number of nitrogens with zero attached hydrogens (tertiary/aromatic N) is 1. The molecular weight excluding hydrogens is 426 g/mol. The molecule has 0 aromatic heterocycles. The Balaban J connectivity index is 1.80. The number of benzene rings is 2. The number of fused-ring (bicyclic) bond motifs is 2. The first-order valence-electron chi connectivity index (χ1n) is 12.3. The van der Waals surface area contributed by atoms with Crippen molar-refractivity contribution in [2.24, 2.45) is 5.41 Å². The van der Waals surface area contributed by atoms with E-state index in [1.54, 1.807) is 14.2 Å². The van der Waals surface area contributed by atoms with Crippen LogP contribution < -0.4 is 14.4 Å². The van der Waals surface area contributed by atoms with Gasteiger partial charge >= 0.3 is 0 Å². The summed E-state index contributed by atoms with van der Waals surface area (Å²) in [5, 5.41) is 9.99. The molecule has 3 aliphatic rings. The Morgan fingerprint density at radius 1 is 1.06 bits per heavy atom.